The number of nitrogens with one attached hydrogen (secondary N) is 2. The molecule has 2 N–H and O–H groups in total. The molecule has 2 fully saturated rings. The summed E-state index contributed by atoms with van der Waals surface area (Å²) < 4.78 is 142. The first-order chi connectivity index (χ1) is 31.0. The molecule has 66 heavy (non-hydrogen) atoms. The summed E-state index contributed by atoms with van der Waals surface area (Å²) in [5, 5.41) is 2.97. The number of morpholine rings is 1. The van der Waals surface area contributed by atoms with Gasteiger partial charge in [0.2, 0.25) is 0 Å². The van der Waals surface area contributed by atoms with Gasteiger partial charge in [0.1, 0.15) is 4.90 Å². The zero-order chi connectivity index (χ0) is 47.9. The fourth-order valence-corrected chi connectivity index (χ4v) is 11.3. The topological polar surface area (TPSA) is 128 Å². The van der Waals surface area contributed by atoms with Gasteiger partial charge in [0.05, 0.1) is 23.8 Å². The first-order valence-electron chi connectivity index (χ1n) is 21.8. The van der Waals surface area contributed by atoms with E-state index in [-0.39, 0.29) is 17.4 Å². The van der Waals surface area contributed by atoms with Gasteiger partial charge in [-0.25, -0.2) is 21.6 Å². The summed E-state index contributed by atoms with van der Waals surface area (Å²) in [6.07, 6.45) is -2.48. The lowest BCUT2D eigenvalue weighted by Crippen LogP contribution is -2.47. The largest absolute Gasteiger partial charge is 0.501 e. The molecular weight excluding hydrogens is 929 g/mol. The summed E-state index contributed by atoms with van der Waals surface area (Å²) in [5.41, 5.74) is -2.92. The van der Waals surface area contributed by atoms with Crippen molar-refractivity contribution >= 4 is 48.9 Å². The lowest BCUT2D eigenvalue weighted by Gasteiger charge is -2.39. The van der Waals surface area contributed by atoms with E-state index in [0.717, 1.165) is 46.7 Å². The molecule has 2 heterocycles. The standard InChI is InChI=1S/C46H57F6N5O6S3/c1-33(15-19-45(47,48)49)40-30-44(2,3)18-16-35(40)31-56-21-23-57(24-22-56)37-11-9-34(10-12-37)43(58)54-66(61,62)39-13-14-41(42(29-39)65(59,60)46(50,51)52)53-36(17-20-55-25-27-63-28-26-55)32-64-38-7-5-4-6-8-38/h4-14,29,36,53H,1,15-28,30-32H2,2-3H3,(H,54,58)/t36-/m1/s1. The predicted molar refractivity (Wildman–Crippen MR) is 245 cm³/mol. The molecule has 11 nitrogen and oxygen atoms in total. The van der Waals surface area contributed by atoms with Crippen molar-refractivity contribution in [2.45, 2.75) is 84.8 Å². The summed E-state index contributed by atoms with van der Waals surface area (Å²) in [5.74, 6) is -0.731. The molecular formula is C46H57F6N5O6S3. The number of amides is 1. The van der Waals surface area contributed by atoms with Crippen LogP contribution in [0.2, 0.25) is 0 Å². The number of allylic oxidation sites excluding steroid dienone is 2. The van der Waals surface area contributed by atoms with Crippen LogP contribution in [-0.4, -0.2) is 122 Å². The number of thioether (sulfide) groups is 1. The van der Waals surface area contributed by atoms with E-state index in [0.29, 0.717) is 95.8 Å². The van der Waals surface area contributed by atoms with Crippen molar-refractivity contribution in [3.8, 4) is 0 Å². The second-order valence-electron chi connectivity index (χ2n) is 17.7. The van der Waals surface area contributed by atoms with Crippen molar-refractivity contribution < 1.29 is 52.7 Å². The van der Waals surface area contributed by atoms with Crippen LogP contribution < -0.4 is 14.9 Å². The maximum absolute atomic E-state index is 14.2. The Morgan fingerprint density at radius 3 is 2.18 bits per heavy atom. The lowest BCUT2D eigenvalue weighted by atomic mass is 9.72. The minimum absolute atomic E-state index is 0.0330. The highest BCUT2D eigenvalue weighted by molar-refractivity contribution is 7.99. The Hall–Kier alpha value is -4.08. The molecule has 1 atom stereocenters. The quantitative estimate of drug-likeness (QED) is 0.0937. The van der Waals surface area contributed by atoms with E-state index in [2.05, 4.69) is 40.4 Å². The van der Waals surface area contributed by atoms with Crippen LogP contribution in [0.3, 0.4) is 0 Å². The highest BCUT2D eigenvalue weighted by Gasteiger charge is 2.48. The van der Waals surface area contributed by atoms with E-state index in [1.54, 1.807) is 12.1 Å². The molecule has 2 aliphatic heterocycles. The normalized spacial score (nSPS) is 18.5. The van der Waals surface area contributed by atoms with Crippen molar-refractivity contribution in [2.24, 2.45) is 5.41 Å². The zero-order valence-corrected chi connectivity index (χ0v) is 39.5. The van der Waals surface area contributed by atoms with Gasteiger partial charge in [0.15, 0.2) is 0 Å². The Bertz CT molecular complexity index is 2420. The smallest absolute Gasteiger partial charge is 0.380 e. The average Bonchev–Trinajstić information content (AvgIpc) is 3.27. The van der Waals surface area contributed by atoms with Gasteiger partial charge < -0.3 is 15.0 Å². The minimum Gasteiger partial charge on any atom is -0.380 e. The first-order valence-corrected chi connectivity index (χ1v) is 25.8. The molecule has 2 saturated heterocycles. The number of hydrogen-bond acceptors (Lipinski definition) is 11. The van der Waals surface area contributed by atoms with Crippen LogP contribution in [0.1, 0.15) is 62.7 Å². The molecule has 3 aliphatic rings. The van der Waals surface area contributed by atoms with Gasteiger partial charge in [-0.2, -0.15) is 26.3 Å². The maximum atomic E-state index is 14.2. The van der Waals surface area contributed by atoms with E-state index >= 15 is 0 Å². The van der Waals surface area contributed by atoms with Gasteiger partial charge in [-0.15, -0.1) is 11.8 Å². The Morgan fingerprint density at radius 2 is 1.55 bits per heavy atom. The number of sulfonamides is 1. The zero-order valence-electron chi connectivity index (χ0n) is 37.0. The SMILES string of the molecule is C=C(CCC(F)(F)F)C1=C(CN2CCN(c3ccc(C(=O)NS(=O)(=O)c4ccc(N[C@H](CCN5CCOCC5)CSc5ccccc5)c(S(=O)(=O)C(F)(F)F)c4)cc3)CC2)CCC(C)(C)C1. The summed E-state index contributed by atoms with van der Waals surface area (Å²) in [7, 11) is -11.0. The fraction of sp³-hybridized carbons (Fsp3) is 0.500. The third-order valence-electron chi connectivity index (χ3n) is 12.1. The fourth-order valence-electron chi connectivity index (χ4n) is 8.25. The van der Waals surface area contributed by atoms with E-state index < -0.39 is 65.4 Å². The summed E-state index contributed by atoms with van der Waals surface area (Å²) in [6, 6.07) is 17.2. The third kappa shape index (κ3) is 14.0. The molecule has 1 aliphatic carbocycles. The molecule has 362 valence electrons. The molecule has 1 amide bonds. The van der Waals surface area contributed by atoms with E-state index in [4.69, 9.17) is 4.74 Å². The van der Waals surface area contributed by atoms with Gasteiger partial charge in [0.25, 0.3) is 25.8 Å². The predicted octanol–water partition coefficient (Wildman–Crippen LogP) is 8.92. The number of benzene rings is 3. The monoisotopic (exact) mass is 985 g/mol. The van der Waals surface area contributed by atoms with Crippen LogP contribution in [0.5, 0.6) is 0 Å². The van der Waals surface area contributed by atoms with Crippen molar-refractivity contribution in [2.75, 3.05) is 81.5 Å². The molecule has 0 aromatic heterocycles. The molecule has 3 aromatic rings. The second-order valence-corrected chi connectivity index (χ2v) is 22.4. The van der Waals surface area contributed by atoms with E-state index in [1.165, 1.54) is 23.9 Å². The molecule has 20 heteroatoms. The van der Waals surface area contributed by atoms with Crippen molar-refractivity contribution in [3.05, 3.63) is 102 Å². The number of carbonyl (C=O) groups excluding carboxylic acids is 1. The van der Waals surface area contributed by atoms with Crippen LogP contribution >= 0.6 is 11.8 Å². The summed E-state index contributed by atoms with van der Waals surface area (Å²) >= 11 is 1.43. The van der Waals surface area contributed by atoms with Crippen LogP contribution in [0.4, 0.5) is 37.7 Å². The summed E-state index contributed by atoms with van der Waals surface area (Å²) in [6.45, 7) is 14.4. The van der Waals surface area contributed by atoms with E-state index in [1.807, 2.05) is 35.1 Å². The minimum atomic E-state index is -6.08. The number of halogens is 6. The van der Waals surface area contributed by atoms with Crippen molar-refractivity contribution in [3.63, 3.8) is 0 Å². The van der Waals surface area contributed by atoms with Crippen molar-refractivity contribution in [1.82, 2.24) is 14.5 Å². The number of piperazine rings is 1. The molecule has 6 rings (SSSR count). The second kappa shape index (κ2) is 21.5. The van der Waals surface area contributed by atoms with E-state index in [9.17, 15) is 48.0 Å². The van der Waals surface area contributed by atoms with Crippen molar-refractivity contribution in [1.29, 1.82) is 0 Å². The highest BCUT2D eigenvalue weighted by atomic mass is 32.2. The highest BCUT2D eigenvalue weighted by Crippen LogP contribution is 2.43. The molecule has 3 aromatic carbocycles. The first kappa shape index (κ1) is 51.3. The number of carbonyl (C=O) groups is 1. The Balaban J connectivity index is 1.12. The molecule has 0 bridgehead atoms. The number of alkyl halides is 6. The van der Waals surface area contributed by atoms with Gasteiger partial charge in [-0.05, 0) is 97.7 Å². The van der Waals surface area contributed by atoms with Gasteiger partial charge in [-0.1, -0.05) is 49.8 Å². The molecule has 0 spiro atoms. The van der Waals surface area contributed by atoms with Crippen LogP contribution in [0.25, 0.3) is 0 Å². The van der Waals surface area contributed by atoms with Crippen LogP contribution in [0.15, 0.2) is 111 Å². The number of anilines is 2. The third-order valence-corrected chi connectivity index (χ3v) is 16.2. The van der Waals surface area contributed by atoms with Gasteiger partial charge in [-0.3, -0.25) is 14.6 Å². The van der Waals surface area contributed by atoms with Crippen LogP contribution in [-0.2, 0) is 24.6 Å². The molecule has 0 unspecified atom stereocenters. The molecule has 0 saturated carbocycles. The van der Waals surface area contributed by atoms with Gasteiger partial charge in [0, 0.05) is 86.7 Å². The Labute approximate surface area is 388 Å². The molecule has 0 radical (unpaired) electrons. The van der Waals surface area contributed by atoms with Crippen LogP contribution in [0, 0.1) is 5.41 Å². The summed E-state index contributed by atoms with van der Waals surface area (Å²) in [4.78, 5) is 18.5. The Kier molecular flexibility index (Phi) is 16.7. The van der Waals surface area contributed by atoms with Gasteiger partial charge >= 0.3 is 11.7 Å². The number of nitrogens with zero attached hydrogens (tertiary/aromatic N) is 3. The number of hydrogen-bond donors (Lipinski definition) is 2. The average molecular weight is 986 g/mol. The Morgan fingerprint density at radius 1 is 0.879 bits per heavy atom. The number of ether oxygens (including phenoxy) is 1. The number of sulfone groups is 1. The number of rotatable bonds is 18. The lowest BCUT2D eigenvalue weighted by molar-refractivity contribution is -0.133. The maximum Gasteiger partial charge on any atom is 0.501 e.